The largest absolute Gasteiger partial charge is 0.291 e. The molecule has 16 heavy (non-hydrogen) atoms. The first kappa shape index (κ1) is 10.5. The lowest BCUT2D eigenvalue weighted by Gasteiger charge is -2.47. The first-order valence-corrected chi connectivity index (χ1v) is 6.87. The van der Waals surface area contributed by atoms with E-state index in [0.717, 1.165) is 12.8 Å². The van der Waals surface area contributed by atoms with Crippen LogP contribution in [0.15, 0.2) is 0 Å². The Morgan fingerprint density at radius 1 is 0.625 bits per heavy atom. The molecule has 2 nitrogen and oxygen atoms in total. The van der Waals surface area contributed by atoms with Crippen LogP contribution in [0.25, 0.3) is 0 Å². The van der Waals surface area contributed by atoms with Crippen molar-refractivity contribution < 1.29 is 9.59 Å². The highest BCUT2D eigenvalue weighted by Gasteiger charge is 2.52. The molecule has 0 saturated heterocycles. The number of carbonyl (C=O) groups excluding carboxylic acids is 2. The molecule has 4 unspecified atom stereocenters. The number of hydrogen-bond acceptors (Lipinski definition) is 2. The van der Waals surface area contributed by atoms with Crippen LogP contribution in [0.1, 0.15) is 51.4 Å². The van der Waals surface area contributed by atoms with Crippen molar-refractivity contribution in [2.75, 3.05) is 0 Å². The number of Topliss-reactive ketones (excluding diaryl/α,β-unsaturated/α-hetero) is 2. The molecule has 88 valence electrons. The van der Waals surface area contributed by atoms with E-state index >= 15 is 0 Å². The third kappa shape index (κ3) is 1.46. The normalized spacial score (nSPS) is 43.8. The zero-order valence-corrected chi connectivity index (χ0v) is 9.78. The summed E-state index contributed by atoms with van der Waals surface area (Å²) >= 11 is 0. The Bertz CT molecular complexity index is 289. The SMILES string of the molecule is O=C1C(=O)C2CCC1C1CCCCCCC21. The van der Waals surface area contributed by atoms with Gasteiger partial charge in [-0.25, -0.2) is 0 Å². The van der Waals surface area contributed by atoms with Crippen LogP contribution in [-0.2, 0) is 9.59 Å². The lowest BCUT2D eigenvalue weighted by atomic mass is 9.55. The van der Waals surface area contributed by atoms with E-state index in [-0.39, 0.29) is 23.4 Å². The van der Waals surface area contributed by atoms with Crippen LogP contribution in [0.2, 0.25) is 0 Å². The maximum absolute atomic E-state index is 11.9. The van der Waals surface area contributed by atoms with Crippen LogP contribution < -0.4 is 0 Å². The second-order valence-electron chi connectivity index (χ2n) is 5.84. The van der Waals surface area contributed by atoms with E-state index in [1.165, 1.54) is 38.5 Å². The summed E-state index contributed by atoms with van der Waals surface area (Å²) in [6.07, 6.45) is 9.58. The average Bonchev–Trinajstić information content (AvgIpc) is 2.25. The summed E-state index contributed by atoms with van der Waals surface area (Å²) in [5, 5.41) is 0. The van der Waals surface area contributed by atoms with Crippen LogP contribution in [0.3, 0.4) is 0 Å². The maximum Gasteiger partial charge on any atom is 0.202 e. The van der Waals surface area contributed by atoms with Crippen LogP contribution in [-0.4, -0.2) is 11.6 Å². The molecule has 0 aromatic rings. The first-order chi connectivity index (χ1) is 7.79. The molecule has 0 aliphatic heterocycles. The Hall–Kier alpha value is -0.660. The second kappa shape index (κ2) is 3.97. The summed E-state index contributed by atoms with van der Waals surface area (Å²) in [6.45, 7) is 0. The van der Waals surface area contributed by atoms with Gasteiger partial charge in [-0.1, -0.05) is 25.7 Å². The average molecular weight is 220 g/mol. The molecule has 0 radical (unpaired) electrons. The Morgan fingerprint density at radius 2 is 1.06 bits per heavy atom. The lowest BCUT2D eigenvalue weighted by molar-refractivity contribution is -0.154. The molecular weight excluding hydrogens is 200 g/mol. The quantitative estimate of drug-likeness (QED) is 0.588. The molecule has 4 fully saturated rings. The van der Waals surface area contributed by atoms with Gasteiger partial charge in [0.25, 0.3) is 0 Å². The summed E-state index contributed by atoms with van der Waals surface area (Å²) in [6, 6.07) is 0. The van der Waals surface area contributed by atoms with Crippen molar-refractivity contribution in [2.24, 2.45) is 23.7 Å². The number of rotatable bonds is 0. The zero-order valence-electron chi connectivity index (χ0n) is 9.78. The van der Waals surface area contributed by atoms with Gasteiger partial charge in [0.2, 0.25) is 11.6 Å². The third-order valence-corrected chi connectivity index (χ3v) is 5.11. The standard InChI is InChI=1S/C14H20O2/c15-13-11-7-8-12(14(13)16)10-6-4-2-1-3-5-9(10)11/h9-12H,1-8H2. The van der Waals surface area contributed by atoms with Gasteiger partial charge in [0, 0.05) is 11.8 Å². The van der Waals surface area contributed by atoms with Gasteiger partial charge in [-0.3, -0.25) is 9.59 Å². The summed E-state index contributed by atoms with van der Waals surface area (Å²) in [7, 11) is 0. The van der Waals surface area contributed by atoms with Crippen molar-refractivity contribution in [3.8, 4) is 0 Å². The van der Waals surface area contributed by atoms with Crippen molar-refractivity contribution in [2.45, 2.75) is 51.4 Å². The minimum Gasteiger partial charge on any atom is -0.291 e. The summed E-state index contributed by atoms with van der Waals surface area (Å²) in [5.41, 5.74) is 0. The van der Waals surface area contributed by atoms with Crippen molar-refractivity contribution in [1.29, 1.82) is 0 Å². The van der Waals surface area contributed by atoms with E-state index in [1.807, 2.05) is 0 Å². The third-order valence-electron chi connectivity index (χ3n) is 5.11. The summed E-state index contributed by atoms with van der Waals surface area (Å²) in [5.74, 6) is 1.31. The second-order valence-corrected chi connectivity index (χ2v) is 5.84. The van der Waals surface area contributed by atoms with Gasteiger partial charge in [-0.2, -0.15) is 0 Å². The maximum atomic E-state index is 11.9. The molecule has 0 amide bonds. The number of hydrogen-bond donors (Lipinski definition) is 0. The van der Waals surface area contributed by atoms with Gasteiger partial charge in [0.05, 0.1) is 0 Å². The van der Waals surface area contributed by atoms with Crippen LogP contribution in [0.5, 0.6) is 0 Å². The van der Waals surface area contributed by atoms with E-state index in [1.54, 1.807) is 0 Å². The molecule has 2 bridgehead atoms. The smallest absolute Gasteiger partial charge is 0.202 e. The Morgan fingerprint density at radius 3 is 1.50 bits per heavy atom. The van der Waals surface area contributed by atoms with Gasteiger partial charge in [-0.05, 0) is 37.5 Å². The molecule has 0 aromatic heterocycles. The van der Waals surface area contributed by atoms with E-state index in [4.69, 9.17) is 0 Å². The van der Waals surface area contributed by atoms with Gasteiger partial charge in [0.15, 0.2) is 0 Å². The lowest BCUT2D eigenvalue weighted by Crippen LogP contribution is -2.52. The van der Waals surface area contributed by atoms with Gasteiger partial charge < -0.3 is 0 Å². The van der Waals surface area contributed by atoms with Crippen LogP contribution >= 0.6 is 0 Å². The van der Waals surface area contributed by atoms with E-state index < -0.39 is 0 Å². The van der Waals surface area contributed by atoms with Crippen LogP contribution in [0, 0.1) is 23.7 Å². The Kier molecular flexibility index (Phi) is 2.61. The monoisotopic (exact) mass is 220 g/mol. The van der Waals surface area contributed by atoms with Crippen molar-refractivity contribution in [3.05, 3.63) is 0 Å². The highest BCUT2D eigenvalue weighted by molar-refractivity contribution is 6.40. The molecule has 2 heteroatoms. The van der Waals surface area contributed by atoms with Crippen LogP contribution in [0.4, 0.5) is 0 Å². The molecule has 0 aromatic carbocycles. The molecule has 4 atom stereocenters. The van der Waals surface area contributed by atoms with Gasteiger partial charge in [0.1, 0.15) is 0 Å². The molecule has 4 rings (SSSR count). The zero-order chi connectivity index (χ0) is 11.1. The number of fused-ring (bicyclic) bond motifs is 2. The van der Waals surface area contributed by atoms with Crippen molar-refractivity contribution in [3.63, 3.8) is 0 Å². The Balaban J connectivity index is 1.88. The fourth-order valence-electron chi connectivity index (χ4n) is 4.34. The van der Waals surface area contributed by atoms with Gasteiger partial charge >= 0.3 is 0 Å². The van der Waals surface area contributed by atoms with E-state index in [2.05, 4.69) is 0 Å². The first-order valence-electron chi connectivity index (χ1n) is 6.87. The molecule has 0 spiro atoms. The van der Waals surface area contributed by atoms with Crippen molar-refractivity contribution in [1.82, 2.24) is 0 Å². The molecule has 0 N–H and O–H groups in total. The number of ketones is 2. The minimum atomic E-state index is -0.0157. The molecule has 4 aliphatic rings. The molecule has 4 saturated carbocycles. The van der Waals surface area contributed by atoms with Gasteiger partial charge in [-0.15, -0.1) is 0 Å². The van der Waals surface area contributed by atoms with E-state index in [0.29, 0.717) is 11.8 Å². The Labute approximate surface area is 96.8 Å². The topological polar surface area (TPSA) is 34.1 Å². The van der Waals surface area contributed by atoms with E-state index in [9.17, 15) is 9.59 Å². The summed E-state index contributed by atoms with van der Waals surface area (Å²) in [4.78, 5) is 23.8. The molecular formula is C14H20O2. The fourth-order valence-corrected chi connectivity index (χ4v) is 4.34. The van der Waals surface area contributed by atoms with Crippen molar-refractivity contribution >= 4 is 11.6 Å². The molecule has 0 heterocycles. The predicted octanol–water partition coefficient (Wildman–Crippen LogP) is 2.75. The minimum absolute atomic E-state index is 0.0157. The summed E-state index contributed by atoms with van der Waals surface area (Å²) < 4.78 is 0. The number of carbonyl (C=O) groups is 2. The fraction of sp³-hybridized carbons (Fsp3) is 0.857. The highest BCUT2D eigenvalue weighted by atomic mass is 16.2. The highest BCUT2D eigenvalue weighted by Crippen LogP contribution is 2.50. The molecule has 4 aliphatic carbocycles. The predicted molar refractivity (Wildman–Crippen MR) is 60.9 cm³/mol.